The lowest BCUT2D eigenvalue weighted by molar-refractivity contribution is -0.159. The maximum absolute atomic E-state index is 13.7. The van der Waals surface area contributed by atoms with E-state index in [-0.39, 0.29) is 23.6 Å². The van der Waals surface area contributed by atoms with Crippen molar-refractivity contribution < 1.29 is 44.7 Å². The van der Waals surface area contributed by atoms with E-state index < -0.39 is 75.0 Å². The Hall–Kier alpha value is -4.63. The number of ketones is 2. The number of nitrogens with two attached hydrogens (primary N) is 1. The summed E-state index contributed by atoms with van der Waals surface area (Å²) < 4.78 is 0. The van der Waals surface area contributed by atoms with Gasteiger partial charge in [-0.15, -0.1) is 0 Å². The van der Waals surface area contributed by atoms with E-state index in [4.69, 9.17) is 40.5 Å². The van der Waals surface area contributed by atoms with E-state index in [1.54, 1.807) is 42.5 Å². The van der Waals surface area contributed by atoms with Gasteiger partial charge < -0.3 is 41.9 Å². The van der Waals surface area contributed by atoms with Crippen LogP contribution in [0.4, 0.5) is 16.2 Å². The fourth-order valence-electron chi connectivity index (χ4n) is 6.90. The van der Waals surface area contributed by atoms with Gasteiger partial charge in [-0.3, -0.25) is 19.3 Å². The molecule has 268 valence electrons. The first-order valence-electron chi connectivity index (χ1n) is 15.3. The van der Waals surface area contributed by atoms with E-state index in [1.165, 1.54) is 44.1 Å². The van der Waals surface area contributed by atoms with Crippen LogP contribution in [0, 0.1) is 11.8 Å². The highest BCUT2D eigenvalue weighted by Crippen LogP contribution is 2.57. The highest BCUT2D eigenvalue weighted by Gasteiger charge is 2.66. The molecule has 3 aliphatic carbocycles. The zero-order chi connectivity index (χ0) is 37.7. The first-order valence-corrected chi connectivity index (χ1v) is 16.4. The average molecular weight is 760 g/mol. The monoisotopic (exact) mass is 758 g/mol. The Morgan fingerprint density at radius 3 is 2.10 bits per heavy atom. The molecule has 0 saturated heterocycles. The van der Waals surface area contributed by atoms with Crippen molar-refractivity contribution >= 4 is 75.4 Å². The van der Waals surface area contributed by atoms with Gasteiger partial charge in [0, 0.05) is 33.8 Å². The molecule has 3 aromatic carbocycles. The quantitative estimate of drug-likeness (QED) is 0.168. The number of urea groups is 1. The highest BCUT2D eigenvalue weighted by atomic mass is 35.5. The molecule has 1 fully saturated rings. The highest BCUT2D eigenvalue weighted by molar-refractivity contribution is 6.42. The number of likely N-dealkylation sites (N-methyl/N-ethyl adjacent to an activating group) is 1. The predicted molar refractivity (Wildman–Crippen MR) is 191 cm³/mol. The molecular formula is C35H33Cl3N4O9. The zero-order valence-electron chi connectivity index (χ0n) is 27.2. The minimum Gasteiger partial charge on any atom is -0.508 e. The number of carbonyl (C=O) groups excluding carboxylic acids is 4. The Kier molecular flexibility index (Phi) is 10.2. The SMILES string of the molecule is CN(C)[C@@H]1C(=O)C(C(N)=O)=C(O)[C@@]2(O)C(=O)C3=C(O)c4c(O)cccc4[C@@](C)(O)[C@H]3C[C@@H]12.O=C(Nc1ccc(Cl)cc1)Nc1ccc(Cl)c(Cl)c1. The normalized spacial score (nSPS) is 25.3. The van der Waals surface area contributed by atoms with Crippen molar-refractivity contribution in [2.75, 3.05) is 24.7 Å². The third-order valence-corrected chi connectivity index (χ3v) is 10.3. The molecule has 3 amide bonds. The van der Waals surface area contributed by atoms with Crippen LogP contribution in [0.25, 0.3) is 5.76 Å². The topological polar surface area (TPSA) is 223 Å². The van der Waals surface area contributed by atoms with Crippen LogP contribution in [0.1, 0.15) is 24.5 Å². The van der Waals surface area contributed by atoms with Crippen molar-refractivity contribution in [3.8, 4) is 5.75 Å². The number of aromatic hydroxyl groups is 1. The van der Waals surface area contributed by atoms with Crippen LogP contribution in [-0.4, -0.2) is 79.7 Å². The minimum atomic E-state index is -2.75. The Morgan fingerprint density at radius 1 is 0.902 bits per heavy atom. The molecule has 0 radical (unpaired) electrons. The minimum absolute atomic E-state index is 0.170. The van der Waals surface area contributed by atoms with Gasteiger partial charge in [-0.05, 0) is 81.5 Å². The van der Waals surface area contributed by atoms with E-state index in [0.717, 1.165) is 0 Å². The summed E-state index contributed by atoms with van der Waals surface area (Å²) in [5.74, 6) is -7.90. The van der Waals surface area contributed by atoms with Crippen LogP contribution >= 0.6 is 34.8 Å². The molecule has 51 heavy (non-hydrogen) atoms. The van der Waals surface area contributed by atoms with Crippen molar-refractivity contribution in [2.24, 2.45) is 17.6 Å². The summed E-state index contributed by atoms with van der Waals surface area (Å²) in [5.41, 5.74) is 0.649. The molecule has 3 aromatic rings. The number of hydrogen-bond acceptors (Lipinski definition) is 10. The molecule has 5 atom stereocenters. The molecule has 0 heterocycles. The van der Waals surface area contributed by atoms with E-state index in [9.17, 15) is 44.7 Å². The second-order valence-corrected chi connectivity index (χ2v) is 13.9. The lowest BCUT2D eigenvalue weighted by atomic mass is 9.54. The maximum Gasteiger partial charge on any atom is 0.323 e. The van der Waals surface area contributed by atoms with E-state index in [2.05, 4.69) is 10.6 Å². The van der Waals surface area contributed by atoms with Gasteiger partial charge in [0.05, 0.1) is 27.3 Å². The molecule has 13 nitrogen and oxygen atoms in total. The number of primary amides is 1. The number of aliphatic hydroxyl groups excluding tert-OH is 2. The third kappa shape index (κ3) is 6.52. The van der Waals surface area contributed by atoms with Gasteiger partial charge in [0.15, 0.2) is 11.4 Å². The fraction of sp³-hybridized carbons (Fsp3) is 0.257. The average Bonchev–Trinajstić information content (AvgIpc) is 3.04. The van der Waals surface area contributed by atoms with Gasteiger partial charge in [0.25, 0.3) is 5.91 Å². The van der Waals surface area contributed by atoms with Gasteiger partial charge in [-0.2, -0.15) is 0 Å². The van der Waals surface area contributed by atoms with Crippen LogP contribution in [-0.2, 0) is 20.0 Å². The summed E-state index contributed by atoms with van der Waals surface area (Å²) in [6, 6.07) is 14.3. The van der Waals surface area contributed by atoms with Crippen LogP contribution in [0.3, 0.4) is 0 Å². The lowest BCUT2D eigenvalue weighted by Gasteiger charge is -2.53. The first-order chi connectivity index (χ1) is 23.8. The largest absolute Gasteiger partial charge is 0.508 e. The molecule has 1 saturated carbocycles. The number of hydrogen-bond donors (Lipinski definition) is 8. The molecular weight excluding hydrogens is 727 g/mol. The van der Waals surface area contributed by atoms with Gasteiger partial charge in [-0.1, -0.05) is 46.9 Å². The molecule has 0 unspecified atom stereocenters. The van der Waals surface area contributed by atoms with Crippen LogP contribution in [0.15, 0.2) is 77.6 Å². The van der Waals surface area contributed by atoms with Gasteiger partial charge in [-0.25, -0.2) is 4.79 Å². The summed E-state index contributed by atoms with van der Waals surface area (Å²) in [4.78, 5) is 51.7. The molecule has 16 heteroatoms. The number of amides is 3. The van der Waals surface area contributed by atoms with Crippen molar-refractivity contribution in [3.63, 3.8) is 0 Å². The van der Waals surface area contributed by atoms with Gasteiger partial charge >= 0.3 is 6.03 Å². The molecule has 6 rings (SSSR count). The Morgan fingerprint density at radius 2 is 1.51 bits per heavy atom. The van der Waals surface area contributed by atoms with Crippen LogP contribution in [0.2, 0.25) is 15.1 Å². The van der Waals surface area contributed by atoms with E-state index in [0.29, 0.717) is 26.4 Å². The molecule has 0 aliphatic heterocycles. The van der Waals surface area contributed by atoms with Gasteiger partial charge in [0.2, 0.25) is 5.78 Å². The summed E-state index contributed by atoms with van der Waals surface area (Å²) >= 11 is 17.4. The van der Waals surface area contributed by atoms with Crippen molar-refractivity contribution in [2.45, 2.75) is 30.6 Å². The second kappa shape index (κ2) is 13.8. The number of carbonyl (C=O) groups is 4. The number of nitrogens with zero attached hydrogens (tertiary/aromatic N) is 1. The number of benzene rings is 3. The van der Waals surface area contributed by atoms with E-state index >= 15 is 0 Å². The standard InChI is InChI=1S/C22H24N2O8.C13H9Cl3N2O/c1-21(31)8-5-4-6-11(25)12(8)16(26)13-9(21)7-10-15(24(2)3)17(27)14(20(23)30)19(29)22(10,32)18(13)28;14-8-1-3-9(4-2-8)17-13(19)18-10-5-6-11(15)12(16)7-10/h4-6,9-10,15,25-26,29,31-32H,7H2,1-3H3,(H2,23,30);1-7H,(H2,17,18,19)/t9-,10-,15-,21+,22-;/m0./s1. The number of halogens is 3. The number of phenols is 1. The van der Waals surface area contributed by atoms with E-state index in [1.807, 2.05) is 0 Å². The Balaban J connectivity index is 0.000000226. The molecule has 0 bridgehead atoms. The number of aliphatic hydroxyl groups is 4. The van der Waals surface area contributed by atoms with Crippen molar-refractivity contribution in [3.05, 3.63) is 104 Å². The Bertz CT molecular complexity index is 2030. The summed E-state index contributed by atoms with van der Waals surface area (Å²) in [5, 5.41) is 61.6. The zero-order valence-corrected chi connectivity index (χ0v) is 29.5. The first kappa shape index (κ1) is 37.6. The molecule has 9 N–H and O–H groups in total. The molecule has 0 aromatic heterocycles. The Labute approximate surface area is 306 Å². The summed E-state index contributed by atoms with van der Waals surface area (Å²) in [6.07, 6.45) is -0.200. The number of anilines is 2. The maximum atomic E-state index is 13.7. The van der Waals surface area contributed by atoms with Crippen LogP contribution < -0.4 is 16.4 Å². The third-order valence-electron chi connectivity index (χ3n) is 9.30. The molecule has 3 aliphatic rings. The van der Waals surface area contributed by atoms with Crippen molar-refractivity contribution in [1.29, 1.82) is 0 Å². The fourth-order valence-corrected chi connectivity index (χ4v) is 7.33. The van der Waals surface area contributed by atoms with Gasteiger partial charge in [0.1, 0.15) is 22.8 Å². The van der Waals surface area contributed by atoms with Crippen LogP contribution in [0.5, 0.6) is 5.75 Å². The number of Topliss-reactive ketones (excluding diaryl/α,β-unsaturated/α-hetero) is 2. The number of rotatable bonds is 4. The molecule has 0 spiro atoms. The number of phenolic OH excluding ortho intramolecular Hbond substituents is 1. The number of nitrogens with one attached hydrogen (secondary N) is 2. The van der Waals surface area contributed by atoms with Crippen molar-refractivity contribution in [1.82, 2.24) is 4.90 Å². The second-order valence-electron chi connectivity index (χ2n) is 12.7. The number of fused-ring (bicyclic) bond motifs is 3. The smallest absolute Gasteiger partial charge is 0.323 e. The lowest BCUT2D eigenvalue weighted by Crippen LogP contribution is -2.67. The summed E-state index contributed by atoms with van der Waals surface area (Å²) in [6.45, 7) is 1.40. The summed E-state index contributed by atoms with van der Waals surface area (Å²) in [7, 11) is 3.01. The predicted octanol–water partition coefficient (Wildman–Crippen LogP) is 4.92.